The zero-order chi connectivity index (χ0) is 20.0. The second-order valence-electron chi connectivity index (χ2n) is 6.50. The third-order valence-corrected chi connectivity index (χ3v) is 4.43. The molecule has 1 aromatic rings. The Labute approximate surface area is 159 Å². The van der Waals surface area contributed by atoms with Crippen LogP contribution in [0.25, 0.3) is 0 Å². The Morgan fingerprint density at radius 1 is 1.33 bits per heavy atom. The normalized spacial score (nSPS) is 15.6. The fourth-order valence-corrected chi connectivity index (χ4v) is 3.04. The molecule has 7 heteroatoms. The maximum atomic E-state index is 14.1. The molecule has 1 heterocycles. The summed E-state index contributed by atoms with van der Waals surface area (Å²) >= 11 is 0. The first-order chi connectivity index (χ1) is 12.9. The van der Waals surface area contributed by atoms with Crippen LogP contribution in [0.2, 0.25) is 0 Å². The molecule has 1 aliphatic heterocycles. The van der Waals surface area contributed by atoms with Gasteiger partial charge in [0.05, 0.1) is 12.2 Å². The molecule has 0 bridgehead atoms. The number of halogens is 2. The third kappa shape index (κ3) is 5.07. The second-order valence-corrected chi connectivity index (χ2v) is 6.50. The van der Waals surface area contributed by atoms with E-state index < -0.39 is 11.6 Å². The molecule has 1 fully saturated rings. The van der Waals surface area contributed by atoms with Crippen molar-refractivity contribution in [3.63, 3.8) is 0 Å². The van der Waals surface area contributed by atoms with Gasteiger partial charge in [-0.05, 0) is 31.6 Å². The fraction of sp³-hybridized carbons (Fsp3) is 0.400. The minimum Gasteiger partial charge on any atom is -0.366 e. The van der Waals surface area contributed by atoms with Crippen LogP contribution in [-0.4, -0.2) is 55.8 Å². The summed E-state index contributed by atoms with van der Waals surface area (Å²) in [5.41, 5.74) is 2.16. The van der Waals surface area contributed by atoms with E-state index in [1.54, 1.807) is 13.3 Å². The number of piperazine rings is 1. The molecule has 144 valence electrons. The van der Waals surface area contributed by atoms with Crippen LogP contribution < -0.4 is 4.90 Å². The van der Waals surface area contributed by atoms with Gasteiger partial charge in [-0.15, -0.1) is 0 Å². The highest BCUT2D eigenvalue weighted by Crippen LogP contribution is 2.25. The summed E-state index contributed by atoms with van der Waals surface area (Å²) < 4.78 is 27.2. The van der Waals surface area contributed by atoms with E-state index in [1.807, 2.05) is 18.7 Å². The Hall–Kier alpha value is -2.88. The summed E-state index contributed by atoms with van der Waals surface area (Å²) in [6.45, 7) is 10.6. The van der Waals surface area contributed by atoms with E-state index >= 15 is 0 Å². The predicted molar refractivity (Wildman–Crippen MR) is 104 cm³/mol. The van der Waals surface area contributed by atoms with Gasteiger partial charge >= 0.3 is 0 Å². The molecule has 0 atom stereocenters. The van der Waals surface area contributed by atoms with Crippen LogP contribution in [0.4, 0.5) is 14.5 Å². The lowest BCUT2D eigenvalue weighted by molar-refractivity contribution is 0.312. The number of anilines is 1. The van der Waals surface area contributed by atoms with E-state index in [0.717, 1.165) is 23.0 Å². The van der Waals surface area contributed by atoms with Crippen molar-refractivity contribution in [3.8, 4) is 6.19 Å². The summed E-state index contributed by atoms with van der Waals surface area (Å²) in [5.74, 6) is -0.347. The van der Waals surface area contributed by atoms with Gasteiger partial charge in [-0.25, -0.2) is 13.8 Å². The number of nitriles is 1. The van der Waals surface area contributed by atoms with E-state index in [4.69, 9.17) is 5.26 Å². The quantitative estimate of drug-likeness (QED) is 0.332. The van der Waals surface area contributed by atoms with Crippen LogP contribution >= 0.6 is 0 Å². The fourth-order valence-electron chi connectivity index (χ4n) is 3.04. The molecule has 0 unspecified atom stereocenters. The van der Waals surface area contributed by atoms with Crippen molar-refractivity contribution in [1.29, 1.82) is 5.26 Å². The number of aliphatic imine (C=N–C) groups is 1. The van der Waals surface area contributed by atoms with E-state index in [1.165, 1.54) is 17.0 Å². The number of hydrogen-bond acceptors (Lipinski definition) is 5. The summed E-state index contributed by atoms with van der Waals surface area (Å²) in [7, 11) is 1.71. The van der Waals surface area contributed by atoms with Gasteiger partial charge in [0.25, 0.3) is 0 Å². The molecule has 0 spiro atoms. The maximum absolute atomic E-state index is 14.1. The molecule has 1 aromatic carbocycles. The van der Waals surface area contributed by atoms with Gasteiger partial charge in [0.2, 0.25) is 0 Å². The zero-order valence-electron chi connectivity index (χ0n) is 16.0. The molecule has 1 aliphatic rings. The first-order valence-electron chi connectivity index (χ1n) is 8.81. The maximum Gasteiger partial charge on any atom is 0.179 e. The first-order valence-corrected chi connectivity index (χ1v) is 8.81. The average molecular weight is 373 g/mol. The van der Waals surface area contributed by atoms with Crippen molar-refractivity contribution in [2.75, 3.05) is 44.7 Å². The Morgan fingerprint density at radius 3 is 2.52 bits per heavy atom. The lowest BCUT2D eigenvalue weighted by atomic mass is 10.1. The topological polar surface area (TPSA) is 45.9 Å². The van der Waals surface area contributed by atoms with Gasteiger partial charge in [0, 0.05) is 51.1 Å². The zero-order valence-corrected chi connectivity index (χ0v) is 16.0. The number of hydrogen-bond donors (Lipinski definition) is 0. The van der Waals surface area contributed by atoms with E-state index in [-0.39, 0.29) is 0 Å². The van der Waals surface area contributed by atoms with Crippen LogP contribution in [0.5, 0.6) is 0 Å². The van der Waals surface area contributed by atoms with Gasteiger partial charge in [-0.3, -0.25) is 0 Å². The molecule has 0 aliphatic carbocycles. The minimum atomic E-state index is -0.579. The van der Waals surface area contributed by atoms with E-state index in [9.17, 15) is 8.78 Å². The average Bonchev–Trinajstić information content (AvgIpc) is 2.64. The number of likely N-dealkylation sites (N-methyl/N-ethyl adjacent to an activating group) is 1. The molecular formula is C20H25F2N5. The van der Waals surface area contributed by atoms with E-state index in [2.05, 4.69) is 22.7 Å². The lowest BCUT2D eigenvalue weighted by Crippen LogP contribution is -2.46. The van der Waals surface area contributed by atoms with Gasteiger partial charge in [0.15, 0.2) is 6.19 Å². The minimum absolute atomic E-state index is 0.407. The smallest absolute Gasteiger partial charge is 0.179 e. The van der Waals surface area contributed by atoms with Gasteiger partial charge in [-0.2, -0.15) is 5.26 Å². The van der Waals surface area contributed by atoms with Gasteiger partial charge in [-0.1, -0.05) is 6.58 Å². The van der Waals surface area contributed by atoms with Gasteiger partial charge in [0.1, 0.15) is 17.5 Å². The summed E-state index contributed by atoms with van der Waals surface area (Å²) in [5, 5.41) is 9.10. The Balaban J connectivity index is 2.22. The molecule has 0 saturated carbocycles. The monoisotopic (exact) mass is 373 g/mol. The predicted octanol–water partition coefficient (Wildman–Crippen LogP) is 3.38. The molecule has 0 radical (unpaired) electrons. The number of nitrogens with zero attached hydrogens (tertiary/aromatic N) is 5. The largest absolute Gasteiger partial charge is 0.366 e. The van der Waals surface area contributed by atoms with Crippen LogP contribution in [0.1, 0.15) is 13.8 Å². The first kappa shape index (κ1) is 20.4. The number of benzene rings is 1. The highest BCUT2D eigenvalue weighted by atomic mass is 19.1. The molecule has 0 aromatic heterocycles. The van der Waals surface area contributed by atoms with Crippen LogP contribution in [0.3, 0.4) is 0 Å². The summed E-state index contributed by atoms with van der Waals surface area (Å²) in [6.07, 6.45) is 3.82. The summed E-state index contributed by atoms with van der Waals surface area (Å²) in [4.78, 5) is 10.1. The van der Waals surface area contributed by atoms with Crippen molar-refractivity contribution in [3.05, 3.63) is 53.4 Å². The molecule has 2 rings (SSSR count). The molecule has 5 nitrogen and oxygen atoms in total. The van der Waals surface area contributed by atoms with Crippen molar-refractivity contribution in [2.45, 2.75) is 13.8 Å². The molecule has 0 N–H and O–H groups in total. The van der Waals surface area contributed by atoms with Crippen molar-refractivity contribution < 1.29 is 8.78 Å². The Kier molecular flexibility index (Phi) is 6.94. The van der Waals surface area contributed by atoms with Crippen molar-refractivity contribution in [1.82, 2.24) is 9.80 Å². The highest BCUT2D eigenvalue weighted by molar-refractivity contribution is 5.56. The number of rotatable bonds is 6. The molecular weight excluding hydrogens is 348 g/mol. The Morgan fingerprint density at radius 2 is 2.00 bits per heavy atom. The second kappa shape index (κ2) is 9.17. The molecule has 27 heavy (non-hydrogen) atoms. The van der Waals surface area contributed by atoms with Crippen molar-refractivity contribution in [2.24, 2.45) is 4.99 Å². The third-order valence-electron chi connectivity index (χ3n) is 4.43. The molecule has 1 saturated heterocycles. The molecule has 0 amide bonds. The standard InChI is InChI=1S/C20H25F2N5/c1-5-24-20(17(15(2)3)13-25(4)14-23)27-10-8-26(9-11-27)19-7-6-16(21)12-18(19)22/h5-7,12H,2,8-11,13H2,1,3-4H3/b20-17+,24-5-. The van der Waals surface area contributed by atoms with Crippen LogP contribution in [0, 0.1) is 23.1 Å². The lowest BCUT2D eigenvalue weighted by Gasteiger charge is -2.38. The van der Waals surface area contributed by atoms with Crippen molar-refractivity contribution >= 4 is 11.9 Å². The van der Waals surface area contributed by atoms with Gasteiger partial charge < -0.3 is 14.7 Å². The SMILES string of the molecule is C=C(C)/C(CN(C)C#N)=C(\N=C/C)N1CCN(c2ccc(F)cc2F)CC1. The highest BCUT2D eigenvalue weighted by Gasteiger charge is 2.23. The van der Waals surface area contributed by atoms with Crippen LogP contribution in [-0.2, 0) is 0 Å². The summed E-state index contributed by atoms with van der Waals surface area (Å²) in [6, 6.07) is 3.65. The van der Waals surface area contributed by atoms with E-state index in [0.29, 0.717) is 38.4 Å². The Bertz CT molecular complexity index is 786. The van der Waals surface area contributed by atoms with Crippen LogP contribution in [0.15, 0.2) is 46.7 Å².